The predicted octanol–water partition coefficient (Wildman–Crippen LogP) is 0.790. The van der Waals surface area contributed by atoms with Crippen LogP contribution in [-0.2, 0) is 0 Å². The average molecular weight is 247 g/mol. The lowest BCUT2D eigenvalue weighted by molar-refractivity contribution is 0.0978. The van der Waals surface area contributed by atoms with Crippen LogP contribution in [0.1, 0.15) is 10.4 Å². The van der Waals surface area contributed by atoms with Gasteiger partial charge < -0.3 is 5.32 Å². The number of thioether (sulfide) groups is 1. The minimum Gasteiger partial charge on any atom is -0.301 e. The number of nitrogens with one attached hydrogen (secondary N) is 2. The molecule has 6 nitrogen and oxygen atoms in total. The molecule has 1 amide bonds. The highest BCUT2D eigenvalue weighted by molar-refractivity contribution is 8.14. The summed E-state index contributed by atoms with van der Waals surface area (Å²) in [5.74, 6) is 0.765. The number of fused-ring (bicyclic) bond motifs is 1. The van der Waals surface area contributed by atoms with Crippen molar-refractivity contribution in [3.8, 4) is 0 Å². The van der Waals surface area contributed by atoms with Crippen molar-refractivity contribution in [2.75, 3.05) is 12.3 Å². The quantitative estimate of drug-likeness (QED) is 0.780. The molecule has 17 heavy (non-hydrogen) atoms. The molecule has 1 aliphatic rings. The maximum Gasteiger partial charge on any atom is 0.257 e. The Balaban J connectivity index is 1.84. The highest BCUT2D eigenvalue weighted by Crippen LogP contribution is 2.13. The normalized spacial score (nSPS) is 14.9. The number of aliphatic imine (C=N–C) groups is 1. The van der Waals surface area contributed by atoms with Crippen LogP contribution in [0.2, 0.25) is 0 Å². The van der Waals surface area contributed by atoms with E-state index in [4.69, 9.17) is 0 Å². The number of carbonyl (C=O) groups excluding carboxylic acids is 1. The predicted molar refractivity (Wildman–Crippen MR) is 66.1 cm³/mol. The lowest BCUT2D eigenvalue weighted by atomic mass is 10.2. The van der Waals surface area contributed by atoms with Gasteiger partial charge in [0.2, 0.25) is 0 Å². The van der Waals surface area contributed by atoms with Crippen LogP contribution in [0.15, 0.2) is 23.2 Å². The van der Waals surface area contributed by atoms with E-state index in [0.717, 1.165) is 17.8 Å². The van der Waals surface area contributed by atoms with Crippen molar-refractivity contribution in [3.63, 3.8) is 0 Å². The SMILES string of the molecule is O=C(NC1=NCCS1)c1ccc2n[nH]nc2c1. The van der Waals surface area contributed by atoms with Crippen LogP contribution in [0, 0.1) is 0 Å². The van der Waals surface area contributed by atoms with Crippen molar-refractivity contribution in [2.24, 2.45) is 4.99 Å². The number of nitrogens with zero attached hydrogens (tertiary/aromatic N) is 3. The van der Waals surface area contributed by atoms with Gasteiger partial charge in [0, 0.05) is 11.3 Å². The molecule has 7 heteroatoms. The summed E-state index contributed by atoms with van der Waals surface area (Å²) < 4.78 is 0. The van der Waals surface area contributed by atoms with Gasteiger partial charge in [-0.2, -0.15) is 15.4 Å². The molecule has 0 saturated heterocycles. The monoisotopic (exact) mass is 247 g/mol. The summed E-state index contributed by atoms with van der Waals surface area (Å²) >= 11 is 1.55. The Morgan fingerprint density at radius 2 is 2.24 bits per heavy atom. The molecule has 0 atom stereocenters. The Labute approximate surface area is 101 Å². The lowest BCUT2D eigenvalue weighted by Gasteiger charge is -2.03. The molecule has 1 aromatic carbocycles. The van der Waals surface area contributed by atoms with Crippen molar-refractivity contribution >= 4 is 33.9 Å². The summed E-state index contributed by atoms with van der Waals surface area (Å²) in [7, 11) is 0. The minimum atomic E-state index is -0.164. The first-order valence-corrected chi connectivity index (χ1v) is 6.10. The Morgan fingerprint density at radius 1 is 1.35 bits per heavy atom. The summed E-state index contributed by atoms with van der Waals surface area (Å²) in [6.45, 7) is 0.766. The van der Waals surface area contributed by atoms with E-state index in [1.165, 1.54) is 0 Å². The van der Waals surface area contributed by atoms with Gasteiger partial charge in [-0.15, -0.1) is 0 Å². The number of benzene rings is 1. The van der Waals surface area contributed by atoms with Gasteiger partial charge in [0.15, 0.2) is 5.17 Å². The Bertz CT molecular complexity index is 606. The third-order valence-corrected chi connectivity index (χ3v) is 3.28. The Kier molecular flexibility index (Phi) is 2.52. The highest BCUT2D eigenvalue weighted by Gasteiger charge is 2.13. The van der Waals surface area contributed by atoms with Gasteiger partial charge in [0.25, 0.3) is 5.91 Å². The van der Waals surface area contributed by atoms with Crippen molar-refractivity contribution in [1.82, 2.24) is 20.7 Å². The van der Waals surface area contributed by atoms with Gasteiger partial charge in [0.1, 0.15) is 11.0 Å². The standard InChI is InChI=1S/C10H9N5OS/c16-9(12-10-11-3-4-17-10)6-1-2-7-8(5-6)14-15-13-7/h1-2,5H,3-4H2,(H,11,12,16)(H,13,14,15). The zero-order chi connectivity index (χ0) is 11.7. The first kappa shape index (κ1) is 10.3. The number of rotatable bonds is 1. The van der Waals surface area contributed by atoms with Crippen LogP contribution < -0.4 is 5.32 Å². The number of H-pyrrole nitrogens is 1. The van der Waals surface area contributed by atoms with Gasteiger partial charge in [-0.05, 0) is 18.2 Å². The molecule has 0 aliphatic carbocycles. The van der Waals surface area contributed by atoms with E-state index < -0.39 is 0 Å². The average Bonchev–Trinajstić information content (AvgIpc) is 2.97. The van der Waals surface area contributed by atoms with Crippen LogP contribution in [-0.4, -0.2) is 38.8 Å². The zero-order valence-electron chi connectivity index (χ0n) is 8.80. The van der Waals surface area contributed by atoms with E-state index in [0.29, 0.717) is 16.2 Å². The van der Waals surface area contributed by atoms with E-state index in [2.05, 4.69) is 25.7 Å². The topological polar surface area (TPSA) is 83.0 Å². The molecule has 0 spiro atoms. The summed E-state index contributed by atoms with van der Waals surface area (Å²) in [6.07, 6.45) is 0. The number of hydrogen-bond acceptors (Lipinski definition) is 5. The summed E-state index contributed by atoms with van der Waals surface area (Å²) in [5.41, 5.74) is 1.98. The second-order valence-corrected chi connectivity index (χ2v) is 4.60. The van der Waals surface area contributed by atoms with Gasteiger partial charge >= 0.3 is 0 Å². The summed E-state index contributed by atoms with van der Waals surface area (Å²) in [4.78, 5) is 16.1. The van der Waals surface area contributed by atoms with E-state index in [1.54, 1.807) is 30.0 Å². The number of hydrogen-bond donors (Lipinski definition) is 2. The van der Waals surface area contributed by atoms with Crippen LogP contribution in [0.25, 0.3) is 11.0 Å². The number of aromatic amines is 1. The Hall–Kier alpha value is -1.89. The van der Waals surface area contributed by atoms with E-state index in [1.807, 2.05) is 0 Å². The first-order chi connectivity index (χ1) is 8.33. The molecule has 1 aliphatic heterocycles. The van der Waals surface area contributed by atoms with Crippen LogP contribution in [0.4, 0.5) is 0 Å². The summed E-state index contributed by atoms with van der Waals surface area (Å²) in [5, 5.41) is 13.8. The fourth-order valence-electron chi connectivity index (χ4n) is 1.56. The molecule has 86 valence electrons. The van der Waals surface area contributed by atoms with Crippen LogP contribution >= 0.6 is 11.8 Å². The number of amidine groups is 1. The molecule has 1 aromatic heterocycles. The molecular formula is C10H9N5OS. The molecule has 0 saturated carbocycles. The molecule has 2 heterocycles. The highest BCUT2D eigenvalue weighted by atomic mass is 32.2. The van der Waals surface area contributed by atoms with Crippen molar-refractivity contribution in [2.45, 2.75) is 0 Å². The number of amides is 1. The van der Waals surface area contributed by atoms with Gasteiger partial charge in [-0.1, -0.05) is 11.8 Å². The summed E-state index contributed by atoms with van der Waals surface area (Å²) in [6, 6.07) is 5.19. The second-order valence-electron chi connectivity index (χ2n) is 3.52. The van der Waals surface area contributed by atoms with Crippen molar-refractivity contribution in [1.29, 1.82) is 0 Å². The molecule has 0 bridgehead atoms. The maximum absolute atomic E-state index is 11.9. The second kappa shape index (κ2) is 4.17. The van der Waals surface area contributed by atoms with E-state index in [-0.39, 0.29) is 5.91 Å². The van der Waals surface area contributed by atoms with Gasteiger partial charge in [0.05, 0.1) is 6.54 Å². The molecule has 0 unspecified atom stereocenters. The zero-order valence-corrected chi connectivity index (χ0v) is 9.62. The largest absolute Gasteiger partial charge is 0.301 e. The smallest absolute Gasteiger partial charge is 0.257 e. The van der Waals surface area contributed by atoms with E-state index >= 15 is 0 Å². The van der Waals surface area contributed by atoms with Crippen molar-refractivity contribution < 1.29 is 4.79 Å². The minimum absolute atomic E-state index is 0.164. The van der Waals surface area contributed by atoms with Crippen LogP contribution in [0.5, 0.6) is 0 Å². The van der Waals surface area contributed by atoms with E-state index in [9.17, 15) is 4.79 Å². The third-order valence-electron chi connectivity index (χ3n) is 2.38. The molecule has 3 rings (SSSR count). The molecule has 2 N–H and O–H groups in total. The fourth-order valence-corrected chi connectivity index (χ4v) is 2.28. The van der Waals surface area contributed by atoms with Crippen molar-refractivity contribution in [3.05, 3.63) is 23.8 Å². The first-order valence-electron chi connectivity index (χ1n) is 5.12. The van der Waals surface area contributed by atoms with Gasteiger partial charge in [-0.3, -0.25) is 9.79 Å². The fraction of sp³-hybridized carbons (Fsp3) is 0.200. The Morgan fingerprint density at radius 3 is 3.06 bits per heavy atom. The van der Waals surface area contributed by atoms with Gasteiger partial charge in [-0.25, -0.2) is 0 Å². The maximum atomic E-state index is 11.9. The molecule has 0 radical (unpaired) electrons. The molecular weight excluding hydrogens is 238 g/mol. The van der Waals surface area contributed by atoms with Crippen LogP contribution in [0.3, 0.4) is 0 Å². The number of aromatic nitrogens is 3. The lowest BCUT2D eigenvalue weighted by Crippen LogP contribution is -2.27. The molecule has 0 fully saturated rings. The molecule has 2 aromatic rings. The third kappa shape index (κ3) is 2.01. The number of carbonyl (C=O) groups is 1.